The first-order valence-corrected chi connectivity index (χ1v) is 13.6. The first-order chi connectivity index (χ1) is 17.5. The van der Waals surface area contributed by atoms with Gasteiger partial charge in [0.1, 0.15) is 46.4 Å². The Morgan fingerprint density at radius 3 is 1.55 bits per heavy atom. The van der Waals surface area contributed by atoms with Crippen molar-refractivity contribution in [3.05, 3.63) is 66.9 Å². The molecule has 2 aliphatic carbocycles. The summed E-state index contributed by atoms with van der Waals surface area (Å²) in [5.41, 5.74) is -10.4. The van der Waals surface area contributed by atoms with Gasteiger partial charge in [-0.05, 0) is 30.0 Å². The zero-order chi connectivity index (χ0) is 31.2. The maximum atomic E-state index is 14.5. The van der Waals surface area contributed by atoms with Gasteiger partial charge >= 0.3 is 32.6 Å². The highest BCUT2D eigenvalue weighted by molar-refractivity contribution is 8.46. The summed E-state index contributed by atoms with van der Waals surface area (Å²) in [4.78, 5) is -1.66. The number of allylic oxidation sites excluding steroid dienone is 2. The Morgan fingerprint density at radius 1 is 0.775 bits per heavy atom. The fourth-order valence-corrected chi connectivity index (χ4v) is 7.04. The van der Waals surface area contributed by atoms with Crippen molar-refractivity contribution >= 4 is 31.8 Å². The molecule has 1 aromatic rings. The third-order valence-corrected chi connectivity index (χ3v) is 8.08. The summed E-state index contributed by atoms with van der Waals surface area (Å²) in [6.45, 7) is 14.2. The zero-order valence-corrected chi connectivity index (χ0v) is 20.5. The fourth-order valence-electron chi connectivity index (χ4n) is 4.49. The molecule has 0 radical (unpaired) electrons. The van der Waals surface area contributed by atoms with Crippen molar-refractivity contribution in [3.63, 3.8) is 0 Å². The second-order valence-electron chi connectivity index (χ2n) is 8.26. The minimum Gasteiger partial charge on any atom is -0.405 e. The molecule has 2 aliphatic rings. The van der Waals surface area contributed by atoms with Gasteiger partial charge in [-0.2, -0.15) is 20.2 Å². The Morgan fingerprint density at radius 2 is 1.18 bits per heavy atom. The summed E-state index contributed by atoms with van der Waals surface area (Å²) in [6.07, 6.45) is -10.1. The molecule has 0 aliphatic heterocycles. The number of hydrogen-bond acceptors (Lipinski definition) is 3. The Bertz CT molecular complexity index is 1780. The van der Waals surface area contributed by atoms with Crippen molar-refractivity contribution in [2.75, 3.05) is 0 Å². The quantitative estimate of drug-likeness (QED) is 0.192. The van der Waals surface area contributed by atoms with E-state index < -0.39 is 105 Å². The maximum Gasteiger partial charge on any atom is 0.573 e. The number of halogens is 13. The molecular formula is C20H7F13N4OS2. The van der Waals surface area contributed by atoms with Crippen LogP contribution in [0.5, 0.6) is 0 Å². The second-order valence-corrected chi connectivity index (χ2v) is 13.0. The standard InChI is InChI=1S/C20H7F13N4OS2/c1-8-10(19(36-2)37-3)4-12-14(8)17(39(24,25,26,27)28)13-5-11(9(6-34)7-35)16(38-20(21,22)23)15(13)18(12)40(29,30,31,32)33/h4-5H2,1H3. The lowest BCUT2D eigenvalue weighted by molar-refractivity contribution is -0.290. The average molecular weight is 630 g/mol. The minimum absolute atomic E-state index is 0.435. The number of nitrogens with zero attached hydrogens (tertiary/aromatic N) is 4. The molecule has 0 amide bonds. The van der Waals surface area contributed by atoms with E-state index in [-0.39, 0.29) is 0 Å². The van der Waals surface area contributed by atoms with Crippen LogP contribution in [0, 0.1) is 35.8 Å². The van der Waals surface area contributed by atoms with Crippen molar-refractivity contribution in [1.82, 2.24) is 0 Å². The van der Waals surface area contributed by atoms with Crippen molar-refractivity contribution < 1.29 is 56.8 Å². The van der Waals surface area contributed by atoms with Crippen LogP contribution in [-0.4, -0.2) is 6.36 Å². The third-order valence-electron chi connectivity index (χ3n) is 5.64. The molecule has 0 saturated heterocycles. The molecule has 216 valence electrons. The zero-order valence-electron chi connectivity index (χ0n) is 18.8. The molecule has 0 unspecified atom stereocenters. The molecule has 0 N–H and O–H groups in total. The smallest absolute Gasteiger partial charge is 0.405 e. The van der Waals surface area contributed by atoms with Crippen LogP contribution < -0.4 is 10.4 Å². The van der Waals surface area contributed by atoms with E-state index in [1.54, 1.807) is 0 Å². The van der Waals surface area contributed by atoms with Crippen molar-refractivity contribution in [3.8, 4) is 12.1 Å². The van der Waals surface area contributed by atoms with Crippen molar-refractivity contribution in [2.45, 2.75) is 35.9 Å². The van der Waals surface area contributed by atoms with Crippen LogP contribution in [0.4, 0.5) is 52.0 Å². The lowest BCUT2D eigenvalue weighted by Crippen LogP contribution is -2.35. The molecule has 0 heterocycles. The van der Waals surface area contributed by atoms with E-state index >= 15 is 0 Å². The third kappa shape index (κ3) is 5.12. The number of hydrogen-bond donors (Lipinski definition) is 0. The molecule has 1 aromatic carbocycles. The summed E-state index contributed by atoms with van der Waals surface area (Å²) in [5.74, 6) is -3.80. The predicted octanol–water partition coefficient (Wildman–Crippen LogP) is 8.32. The predicted molar refractivity (Wildman–Crippen MR) is 114 cm³/mol. The highest BCUT2D eigenvalue weighted by Gasteiger charge is 2.72. The van der Waals surface area contributed by atoms with E-state index in [4.69, 9.17) is 23.7 Å². The van der Waals surface area contributed by atoms with Gasteiger partial charge in [0.05, 0.1) is 5.57 Å². The normalized spacial score (nSPS) is 18.6. The number of rotatable bonds is 3. The van der Waals surface area contributed by atoms with E-state index in [1.807, 2.05) is 0 Å². The molecule has 0 fully saturated rings. The number of alkyl halides is 3. The van der Waals surface area contributed by atoms with Gasteiger partial charge in [0.15, 0.2) is 0 Å². The lowest BCUT2D eigenvalue weighted by atomic mass is 10.0. The van der Waals surface area contributed by atoms with Gasteiger partial charge < -0.3 is 4.74 Å². The monoisotopic (exact) mass is 630 g/mol. The van der Waals surface area contributed by atoms with Crippen LogP contribution in [0.15, 0.2) is 32.3 Å². The minimum atomic E-state index is -11.5. The number of ether oxygens (including phenoxy) is 1. The van der Waals surface area contributed by atoms with Crippen LogP contribution in [0.2, 0.25) is 0 Å². The first kappa shape index (κ1) is 30.5. The highest BCUT2D eigenvalue weighted by atomic mass is 32.5. The SMILES string of the molecule is [C-]#[N+]C([N+]#[C-])=C1Cc2c(S(F)(F)(F)(F)F)c3c(c(S(F)(F)(F)(F)F)c2=C1C)CC(=C(C#N)C#N)C=3OC(F)(F)F. The topological polar surface area (TPSA) is 65.5 Å². The van der Waals surface area contributed by atoms with E-state index in [2.05, 4.69) is 14.4 Å². The Hall–Kier alpha value is -4.01. The summed E-state index contributed by atoms with van der Waals surface area (Å²) >= 11 is 0. The lowest BCUT2D eigenvalue weighted by Gasteiger charge is -2.45. The fraction of sp³-hybridized carbons (Fsp3) is 0.200. The second kappa shape index (κ2) is 7.19. The van der Waals surface area contributed by atoms with Crippen LogP contribution in [0.3, 0.4) is 0 Å². The number of nitriles is 2. The average Bonchev–Trinajstić information content (AvgIpc) is 3.22. The summed E-state index contributed by atoms with van der Waals surface area (Å²) < 4.78 is 188. The van der Waals surface area contributed by atoms with Crippen LogP contribution >= 0.6 is 20.4 Å². The summed E-state index contributed by atoms with van der Waals surface area (Å²) in [5, 5.41) is 13.1. The van der Waals surface area contributed by atoms with Crippen molar-refractivity contribution in [2.24, 2.45) is 0 Å². The highest BCUT2D eigenvalue weighted by Crippen LogP contribution is 3.04. The van der Waals surface area contributed by atoms with Gasteiger partial charge in [0, 0.05) is 22.4 Å². The van der Waals surface area contributed by atoms with Gasteiger partial charge in [0.2, 0.25) is 0 Å². The first-order valence-electron chi connectivity index (χ1n) is 9.68. The molecule has 3 rings (SSSR count). The summed E-state index contributed by atoms with van der Waals surface area (Å²) in [7, 11) is -22.9. The summed E-state index contributed by atoms with van der Waals surface area (Å²) in [6, 6.07) is 1.71. The van der Waals surface area contributed by atoms with E-state index in [9.17, 15) is 52.0 Å². The number of benzene rings is 1. The molecule has 5 nitrogen and oxygen atoms in total. The molecule has 0 atom stereocenters. The molecule has 40 heavy (non-hydrogen) atoms. The number of fused-ring (bicyclic) bond motifs is 2. The van der Waals surface area contributed by atoms with E-state index in [0.717, 1.165) is 12.1 Å². The molecule has 0 aromatic heterocycles. The van der Waals surface area contributed by atoms with Crippen LogP contribution in [-0.2, 0) is 17.6 Å². The molecule has 0 spiro atoms. The van der Waals surface area contributed by atoms with Crippen LogP contribution in [0.25, 0.3) is 21.0 Å². The molecular weight excluding hydrogens is 623 g/mol. The maximum absolute atomic E-state index is 14.5. The van der Waals surface area contributed by atoms with E-state index in [0.29, 0.717) is 6.92 Å². The van der Waals surface area contributed by atoms with Gasteiger partial charge in [0.25, 0.3) is 0 Å². The Labute approximate surface area is 214 Å². The molecule has 0 bridgehead atoms. The molecule has 0 saturated carbocycles. The van der Waals surface area contributed by atoms with Gasteiger partial charge in [-0.1, -0.05) is 38.9 Å². The molecule has 20 heteroatoms. The van der Waals surface area contributed by atoms with Crippen molar-refractivity contribution in [1.29, 1.82) is 10.5 Å². The van der Waals surface area contributed by atoms with Crippen LogP contribution in [0.1, 0.15) is 18.1 Å². The van der Waals surface area contributed by atoms with Gasteiger partial charge in [-0.3, -0.25) is 0 Å². The van der Waals surface area contributed by atoms with Gasteiger partial charge in [-0.25, -0.2) is 0 Å². The Balaban J connectivity index is 3.00. The largest absolute Gasteiger partial charge is 0.573 e. The van der Waals surface area contributed by atoms with E-state index in [1.165, 1.54) is 0 Å². The Kier molecular flexibility index (Phi) is 5.49. The van der Waals surface area contributed by atoms with Gasteiger partial charge in [-0.15, -0.1) is 13.2 Å².